The van der Waals surface area contributed by atoms with Crippen LogP contribution in [0.1, 0.15) is 39.6 Å². The maximum atomic E-state index is 13.2. The molecule has 1 fully saturated rings. The molecule has 5 heteroatoms. The molecule has 0 N–H and O–H groups in total. The average Bonchev–Trinajstić information content (AvgIpc) is 3.26. The minimum Gasteiger partial charge on any atom is -0.352 e. The van der Waals surface area contributed by atoms with Crippen LogP contribution in [0.25, 0.3) is 0 Å². The zero-order valence-electron chi connectivity index (χ0n) is 12.1. The molecule has 2 aromatic carbocycles. The van der Waals surface area contributed by atoms with E-state index in [1.807, 2.05) is 12.1 Å². The molecule has 1 aliphatic heterocycles. The summed E-state index contributed by atoms with van der Waals surface area (Å²) in [6, 6.07) is 12.5. The van der Waals surface area contributed by atoms with Crippen LogP contribution < -0.4 is 0 Å². The predicted molar refractivity (Wildman–Crippen MR) is 77.1 cm³/mol. The van der Waals surface area contributed by atoms with Crippen molar-refractivity contribution in [3.8, 4) is 0 Å². The molecule has 1 saturated heterocycles. The van der Waals surface area contributed by atoms with E-state index in [1.54, 1.807) is 18.2 Å². The van der Waals surface area contributed by atoms with Crippen molar-refractivity contribution < 1.29 is 22.7 Å². The Kier molecular flexibility index (Phi) is 2.94. The van der Waals surface area contributed by atoms with Gasteiger partial charge in [-0.25, -0.2) is 0 Å². The molecule has 0 amide bonds. The van der Waals surface area contributed by atoms with Gasteiger partial charge in [0.15, 0.2) is 11.4 Å². The minimum atomic E-state index is -4.46. The van der Waals surface area contributed by atoms with Gasteiger partial charge in [0.1, 0.15) is 6.10 Å². The van der Waals surface area contributed by atoms with Gasteiger partial charge in [-0.05, 0) is 30.0 Å². The van der Waals surface area contributed by atoms with E-state index in [1.165, 1.54) is 12.1 Å². The number of epoxide rings is 1. The van der Waals surface area contributed by atoms with Crippen molar-refractivity contribution in [2.24, 2.45) is 0 Å². The summed E-state index contributed by atoms with van der Waals surface area (Å²) >= 11 is 0. The third kappa shape index (κ3) is 2.10. The van der Waals surface area contributed by atoms with E-state index >= 15 is 0 Å². The Morgan fingerprint density at radius 3 is 2.52 bits per heavy atom. The van der Waals surface area contributed by atoms with E-state index in [0.717, 1.165) is 11.6 Å². The molecule has 0 saturated carbocycles. The number of aryl methyl sites for hydroxylation is 1. The number of benzene rings is 2. The molecule has 2 unspecified atom stereocenters. The Balaban J connectivity index is 1.73. The van der Waals surface area contributed by atoms with Gasteiger partial charge in [0.25, 0.3) is 0 Å². The van der Waals surface area contributed by atoms with Gasteiger partial charge < -0.3 is 4.74 Å². The van der Waals surface area contributed by atoms with E-state index in [-0.39, 0.29) is 11.3 Å². The van der Waals surface area contributed by atoms with Crippen LogP contribution in [0.4, 0.5) is 13.2 Å². The summed E-state index contributed by atoms with van der Waals surface area (Å²) in [6.45, 7) is 0. The second-order valence-corrected chi connectivity index (χ2v) is 5.96. The Labute approximate surface area is 130 Å². The molecule has 2 nitrogen and oxygen atoms in total. The van der Waals surface area contributed by atoms with Crippen LogP contribution in [-0.4, -0.2) is 11.4 Å². The van der Waals surface area contributed by atoms with Crippen molar-refractivity contribution >= 4 is 5.78 Å². The van der Waals surface area contributed by atoms with E-state index in [9.17, 15) is 18.0 Å². The first-order chi connectivity index (χ1) is 10.9. The number of hydrogen-bond acceptors (Lipinski definition) is 2. The number of alkyl halides is 3. The number of carbonyl (C=O) groups excluding carboxylic acids is 1. The fourth-order valence-electron chi connectivity index (χ4n) is 3.46. The lowest BCUT2D eigenvalue weighted by molar-refractivity contribution is -0.138. The fourth-order valence-corrected chi connectivity index (χ4v) is 3.46. The number of ketones is 1. The van der Waals surface area contributed by atoms with Crippen molar-refractivity contribution in [1.82, 2.24) is 0 Å². The molecule has 2 aromatic rings. The van der Waals surface area contributed by atoms with Gasteiger partial charge in [-0.2, -0.15) is 13.2 Å². The lowest BCUT2D eigenvalue weighted by Crippen LogP contribution is -2.32. The molecule has 1 heterocycles. The molecule has 4 rings (SSSR count). The molecule has 0 bridgehead atoms. The van der Waals surface area contributed by atoms with Crippen LogP contribution in [0, 0.1) is 0 Å². The number of ether oxygens (including phenoxy) is 1. The van der Waals surface area contributed by atoms with E-state index in [4.69, 9.17) is 4.74 Å². The standard InChI is InChI=1S/C18H13F3O2/c19-18(20,21)14-8-4-3-7-13(14)16-17(23-16)10-9-11-5-1-2-6-12(11)15(17)22/h1-8,16H,9-10H2. The van der Waals surface area contributed by atoms with E-state index < -0.39 is 23.4 Å². The molecule has 23 heavy (non-hydrogen) atoms. The van der Waals surface area contributed by atoms with E-state index in [2.05, 4.69) is 0 Å². The van der Waals surface area contributed by atoms with Crippen molar-refractivity contribution in [1.29, 1.82) is 0 Å². The highest BCUT2D eigenvalue weighted by atomic mass is 19.4. The SMILES string of the molecule is O=C1c2ccccc2CCC12OC2c1ccccc1C(F)(F)F. The van der Waals surface area contributed by atoms with Crippen LogP contribution >= 0.6 is 0 Å². The zero-order valence-corrected chi connectivity index (χ0v) is 12.1. The highest BCUT2D eigenvalue weighted by Gasteiger charge is 2.65. The molecular formula is C18H13F3O2. The summed E-state index contributed by atoms with van der Waals surface area (Å²) < 4.78 is 45.2. The lowest BCUT2D eigenvalue weighted by atomic mass is 9.79. The molecule has 0 aromatic heterocycles. The number of Topliss-reactive ketones (excluding diaryl/α,β-unsaturated/α-hetero) is 1. The maximum absolute atomic E-state index is 13.2. The van der Waals surface area contributed by atoms with Gasteiger partial charge in [-0.3, -0.25) is 4.79 Å². The summed E-state index contributed by atoms with van der Waals surface area (Å²) in [7, 11) is 0. The van der Waals surface area contributed by atoms with Crippen molar-refractivity contribution in [2.45, 2.75) is 30.7 Å². The van der Waals surface area contributed by atoms with Crippen LogP contribution in [0.2, 0.25) is 0 Å². The Morgan fingerprint density at radius 1 is 1.04 bits per heavy atom. The van der Waals surface area contributed by atoms with Gasteiger partial charge in [-0.1, -0.05) is 42.5 Å². The first-order valence-corrected chi connectivity index (χ1v) is 7.40. The molecule has 2 atom stereocenters. The second-order valence-electron chi connectivity index (χ2n) is 5.96. The highest BCUT2D eigenvalue weighted by molar-refractivity contribution is 6.07. The summed E-state index contributed by atoms with van der Waals surface area (Å²) in [4.78, 5) is 12.7. The first-order valence-electron chi connectivity index (χ1n) is 7.40. The molecular weight excluding hydrogens is 305 g/mol. The zero-order chi connectivity index (χ0) is 16.2. The van der Waals surface area contributed by atoms with Crippen molar-refractivity contribution in [2.75, 3.05) is 0 Å². The topological polar surface area (TPSA) is 29.6 Å². The van der Waals surface area contributed by atoms with Crippen LogP contribution in [0.3, 0.4) is 0 Å². The Morgan fingerprint density at radius 2 is 1.74 bits per heavy atom. The third-order valence-corrected chi connectivity index (χ3v) is 4.66. The Hall–Kier alpha value is -2.14. The van der Waals surface area contributed by atoms with Crippen molar-refractivity contribution in [3.05, 3.63) is 70.8 Å². The third-order valence-electron chi connectivity index (χ3n) is 4.66. The monoisotopic (exact) mass is 318 g/mol. The predicted octanol–water partition coefficient (Wildman–Crippen LogP) is 4.34. The minimum absolute atomic E-state index is 0.0488. The van der Waals surface area contributed by atoms with Gasteiger partial charge in [0, 0.05) is 5.56 Å². The number of fused-ring (bicyclic) bond motifs is 1. The highest BCUT2D eigenvalue weighted by Crippen LogP contribution is 2.57. The molecule has 118 valence electrons. The smallest absolute Gasteiger partial charge is 0.352 e. The van der Waals surface area contributed by atoms with Gasteiger partial charge in [0.2, 0.25) is 0 Å². The largest absolute Gasteiger partial charge is 0.416 e. The Bertz CT molecular complexity index is 797. The fraction of sp³-hybridized carbons (Fsp3) is 0.278. The number of hydrogen-bond donors (Lipinski definition) is 0. The molecule has 1 aliphatic carbocycles. The van der Waals surface area contributed by atoms with Gasteiger partial charge >= 0.3 is 6.18 Å². The summed E-state index contributed by atoms with van der Waals surface area (Å²) in [5, 5.41) is 0. The van der Waals surface area contributed by atoms with Crippen molar-refractivity contribution in [3.63, 3.8) is 0 Å². The molecule has 2 aliphatic rings. The summed E-state index contributed by atoms with van der Waals surface area (Å²) in [5.41, 5.74) is -0.316. The number of carbonyl (C=O) groups is 1. The van der Waals surface area contributed by atoms with Gasteiger partial charge in [-0.15, -0.1) is 0 Å². The number of halogens is 3. The lowest BCUT2D eigenvalue weighted by Gasteiger charge is -2.21. The van der Waals surface area contributed by atoms with Crippen LogP contribution in [0.15, 0.2) is 48.5 Å². The molecule has 1 spiro atoms. The maximum Gasteiger partial charge on any atom is 0.416 e. The first kappa shape index (κ1) is 14.5. The normalized spacial score (nSPS) is 26.2. The van der Waals surface area contributed by atoms with E-state index in [0.29, 0.717) is 18.4 Å². The summed E-state index contributed by atoms with van der Waals surface area (Å²) in [6.07, 6.45) is -4.23. The van der Waals surface area contributed by atoms with Gasteiger partial charge in [0.05, 0.1) is 5.56 Å². The summed E-state index contributed by atoms with van der Waals surface area (Å²) in [5.74, 6) is -0.207. The number of rotatable bonds is 1. The van der Waals surface area contributed by atoms with Crippen LogP contribution in [-0.2, 0) is 17.3 Å². The van der Waals surface area contributed by atoms with Crippen LogP contribution in [0.5, 0.6) is 0 Å². The average molecular weight is 318 g/mol. The quantitative estimate of drug-likeness (QED) is 0.732. The second kappa shape index (κ2) is 4.68. The molecule has 0 radical (unpaired) electrons.